The summed E-state index contributed by atoms with van der Waals surface area (Å²) in [6.45, 7) is 1.95. The zero-order valence-corrected chi connectivity index (χ0v) is 19.6. The highest BCUT2D eigenvalue weighted by Crippen LogP contribution is 2.31. The molecule has 168 valence electrons. The number of benzene rings is 2. The van der Waals surface area contributed by atoms with Crippen molar-refractivity contribution >= 4 is 45.1 Å². The molecule has 0 saturated carbocycles. The molecule has 1 saturated heterocycles. The third-order valence-electron chi connectivity index (χ3n) is 5.53. The lowest BCUT2D eigenvalue weighted by Crippen LogP contribution is -2.29. The highest BCUT2D eigenvalue weighted by Gasteiger charge is 2.19. The van der Waals surface area contributed by atoms with E-state index < -0.39 is 0 Å². The predicted octanol–water partition coefficient (Wildman–Crippen LogP) is 5.20. The molecular weight excluding hydrogens is 454 g/mol. The first-order chi connectivity index (χ1) is 16.2. The molecular formula is C25H23N3O3S2. The quantitative estimate of drug-likeness (QED) is 0.370. The van der Waals surface area contributed by atoms with Crippen molar-refractivity contribution in [2.75, 3.05) is 18.8 Å². The number of aromatic nitrogens is 1. The van der Waals surface area contributed by atoms with Crippen molar-refractivity contribution in [2.24, 2.45) is 0 Å². The molecule has 8 heteroatoms. The smallest absolute Gasteiger partial charge is 0.252 e. The fraction of sp³-hybridized carbons (Fsp3) is 0.240. The molecule has 3 heterocycles. The first-order valence-electron chi connectivity index (χ1n) is 10.9. The Bertz CT molecular complexity index is 1260. The largest absolute Gasteiger partial charge is 0.457 e. The van der Waals surface area contributed by atoms with Gasteiger partial charge in [0.1, 0.15) is 5.76 Å². The van der Waals surface area contributed by atoms with Gasteiger partial charge in [0.05, 0.1) is 28.1 Å². The molecule has 5 rings (SSSR count). The summed E-state index contributed by atoms with van der Waals surface area (Å²) in [5.41, 5.74) is 1.51. The van der Waals surface area contributed by atoms with Gasteiger partial charge in [-0.2, -0.15) is 0 Å². The Morgan fingerprint density at radius 2 is 1.82 bits per heavy atom. The Kier molecular flexibility index (Phi) is 6.46. The molecule has 0 unspecified atom stereocenters. The third kappa shape index (κ3) is 4.96. The summed E-state index contributed by atoms with van der Waals surface area (Å²) in [5, 5.41) is 3.75. The van der Waals surface area contributed by atoms with Crippen molar-refractivity contribution < 1.29 is 14.0 Å². The number of para-hydroxylation sites is 1. The molecule has 1 N–H and O–H groups in total. The van der Waals surface area contributed by atoms with Crippen LogP contribution in [0.4, 0.5) is 0 Å². The number of amides is 2. The summed E-state index contributed by atoms with van der Waals surface area (Å²) in [5.74, 6) is 1.63. The van der Waals surface area contributed by atoms with E-state index >= 15 is 0 Å². The number of carbonyl (C=O) groups is 2. The number of furan rings is 1. The van der Waals surface area contributed by atoms with Crippen LogP contribution in [0.25, 0.3) is 21.0 Å². The van der Waals surface area contributed by atoms with E-state index in [2.05, 4.69) is 10.3 Å². The maximum Gasteiger partial charge on any atom is 0.252 e. The van der Waals surface area contributed by atoms with Gasteiger partial charge in [0.25, 0.3) is 5.91 Å². The lowest BCUT2D eigenvalue weighted by atomic mass is 10.2. The Labute approximate surface area is 200 Å². The molecule has 0 radical (unpaired) electrons. The van der Waals surface area contributed by atoms with Crippen molar-refractivity contribution in [3.8, 4) is 10.8 Å². The van der Waals surface area contributed by atoms with E-state index in [9.17, 15) is 9.59 Å². The zero-order valence-electron chi connectivity index (χ0n) is 18.0. The average molecular weight is 478 g/mol. The van der Waals surface area contributed by atoms with E-state index in [1.165, 1.54) is 11.8 Å². The molecule has 4 aromatic rings. The van der Waals surface area contributed by atoms with Gasteiger partial charge in [0, 0.05) is 18.0 Å². The fourth-order valence-corrected chi connectivity index (χ4v) is 5.69. The number of nitrogens with one attached hydrogen (secondary N) is 1. The third-order valence-corrected chi connectivity index (χ3v) is 7.64. The summed E-state index contributed by atoms with van der Waals surface area (Å²) in [7, 11) is 0. The highest BCUT2D eigenvalue weighted by atomic mass is 32.2. The van der Waals surface area contributed by atoms with Crippen molar-refractivity contribution in [3.63, 3.8) is 0 Å². The minimum atomic E-state index is -0.190. The Morgan fingerprint density at radius 1 is 1.03 bits per heavy atom. The topological polar surface area (TPSA) is 75.4 Å². The monoisotopic (exact) mass is 477 g/mol. The van der Waals surface area contributed by atoms with Gasteiger partial charge < -0.3 is 14.6 Å². The summed E-state index contributed by atoms with van der Waals surface area (Å²) >= 11 is 2.99. The summed E-state index contributed by atoms with van der Waals surface area (Å²) in [6, 6.07) is 19.1. The SMILES string of the molecule is O=C(NCc1ccc(-c2nc3ccccc3s2)o1)c1ccccc1SCC(=O)N1CCCC1. The Morgan fingerprint density at radius 3 is 2.67 bits per heavy atom. The maximum atomic E-state index is 12.9. The number of nitrogens with zero attached hydrogens (tertiary/aromatic N) is 2. The average Bonchev–Trinajstić information content (AvgIpc) is 3.61. The van der Waals surface area contributed by atoms with E-state index in [-0.39, 0.29) is 18.4 Å². The van der Waals surface area contributed by atoms with Crippen LogP contribution in [0.1, 0.15) is 29.0 Å². The lowest BCUT2D eigenvalue weighted by Gasteiger charge is -2.15. The first kappa shape index (κ1) is 21.7. The van der Waals surface area contributed by atoms with Gasteiger partial charge in [-0.25, -0.2) is 4.98 Å². The maximum absolute atomic E-state index is 12.9. The van der Waals surface area contributed by atoms with Gasteiger partial charge in [-0.05, 0) is 49.2 Å². The molecule has 0 aliphatic carbocycles. The first-order valence-corrected chi connectivity index (χ1v) is 12.7. The van der Waals surface area contributed by atoms with Gasteiger partial charge >= 0.3 is 0 Å². The number of rotatable bonds is 7. The highest BCUT2D eigenvalue weighted by molar-refractivity contribution is 8.00. The molecule has 0 spiro atoms. The van der Waals surface area contributed by atoms with Crippen LogP contribution < -0.4 is 5.32 Å². The second-order valence-corrected chi connectivity index (χ2v) is 9.86. The van der Waals surface area contributed by atoms with Crippen LogP contribution in [0.2, 0.25) is 0 Å². The summed E-state index contributed by atoms with van der Waals surface area (Å²) in [6.07, 6.45) is 2.14. The standard InChI is InChI=1S/C25H23N3O3S2/c29-23(28-13-5-6-14-28)16-32-21-9-3-1-7-18(21)24(30)26-15-17-11-12-20(31-17)25-27-19-8-2-4-10-22(19)33-25/h1-4,7-12H,5-6,13-16H2,(H,26,30). The molecule has 1 fully saturated rings. The molecule has 33 heavy (non-hydrogen) atoms. The molecule has 2 aromatic carbocycles. The van der Waals surface area contributed by atoms with Gasteiger partial charge in [-0.3, -0.25) is 9.59 Å². The Hall–Kier alpha value is -3.10. The van der Waals surface area contributed by atoms with E-state index in [4.69, 9.17) is 4.42 Å². The van der Waals surface area contributed by atoms with Crippen LogP contribution >= 0.6 is 23.1 Å². The zero-order chi connectivity index (χ0) is 22.6. The van der Waals surface area contributed by atoms with E-state index in [1.807, 2.05) is 59.5 Å². The molecule has 2 aromatic heterocycles. The molecule has 6 nitrogen and oxygen atoms in total. The van der Waals surface area contributed by atoms with Gasteiger partial charge in [0.15, 0.2) is 10.8 Å². The molecule has 1 aliphatic heterocycles. The second-order valence-electron chi connectivity index (χ2n) is 7.81. The Balaban J connectivity index is 1.21. The number of likely N-dealkylation sites (tertiary alicyclic amines) is 1. The number of hydrogen-bond acceptors (Lipinski definition) is 6. The van der Waals surface area contributed by atoms with Crippen molar-refractivity contribution in [1.82, 2.24) is 15.2 Å². The molecule has 1 aliphatic rings. The van der Waals surface area contributed by atoms with Crippen molar-refractivity contribution in [2.45, 2.75) is 24.3 Å². The summed E-state index contributed by atoms with van der Waals surface area (Å²) in [4.78, 5) is 32.6. The van der Waals surface area contributed by atoms with Gasteiger partial charge in [-0.1, -0.05) is 24.3 Å². The van der Waals surface area contributed by atoms with E-state index in [0.29, 0.717) is 22.8 Å². The van der Waals surface area contributed by atoms with Crippen molar-refractivity contribution in [1.29, 1.82) is 0 Å². The van der Waals surface area contributed by atoms with Gasteiger partial charge in [-0.15, -0.1) is 23.1 Å². The number of thiazole rings is 1. The van der Waals surface area contributed by atoms with E-state index in [0.717, 1.165) is 46.1 Å². The fourth-order valence-electron chi connectivity index (χ4n) is 3.81. The summed E-state index contributed by atoms with van der Waals surface area (Å²) < 4.78 is 7.04. The van der Waals surface area contributed by atoms with Crippen molar-refractivity contribution in [3.05, 3.63) is 72.0 Å². The van der Waals surface area contributed by atoms with Crippen LogP contribution in [0.15, 0.2) is 70.0 Å². The van der Waals surface area contributed by atoms with Crippen LogP contribution in [0, 0.1) is 0 Å². The minimum absolute atomic E-state index is 0.130. The number of thioether (sulfide) groups is 1. The predicted molar refractivity (Wildman–Crippen MR) is 131 cm³/mol. The van der Waals surface area contributed by atoms with Crippen LogP contribution in [0.5, 0.6) is 0 Å². The van der Waals surface area contributed by atoms with Crippen LogP contribution in [0.3, 0.4) is 0 Å². The van der Waals surface area contributed by atoms with Crippen LogP contribution in [-0.2, 0) is 11.3 Å². The van der Waals surface area contributed by atoms with Gasteiger partial charge in [0.2, 0.25) is 5.91 Å². The number of carbonyl (C=O) groups excluding carboxylic acids is 2. The molecule has 0 bridgehead atoms. The van der Waals surface area contributed by atoms with Crippen LogP contribution in [-0.4, -0.2) is 40.5 Å². The lowest BCUT2D eigenvalue weighted by molar-refractivity contribution is -0.127. The normalized spacial score (nSPS) is 13.5. The van der Waals surface area contributed by atoms with E-state index in [1.54, 1.807) is 17.4 Å². The molecule has 2 amide bonds. The number of fused-ring (bicyclic) bond motifs is 1. The minimum Gasteiger partial charge on any atom is -0.457 e. The second kappa shape index (κ2) is 9.80. The molecule has 0 atom stereocenters. The number of hydrogen-bond donors (Lipinski definition) is 1.